The van der Waals surface area contributed by atoms with Gasteiger partial charge in [-0.2, -0.15) is 0 Å². The molecule has 1 rings (SSSR count). The fourth-order valence-corrected chi connectivity index (χ4v) is 3.59. The van der Waals surface area contributed by atoms with Crippen LogP contribution in [0.3, 0.4) is 0 Å². The molecule has 148 valence electrons. The normalized spacial score (nSPS) is 15.3. The molecule has 0 bridgehead atoms. The molecule has 0 saturated carbocycles. The van der Waals surface area contributed by atoms with E-state index in [0.29, 0.717) is 6.61 Å². The molecule has 0 aromatic rings. The first-order valence-corrected chi connectivity index (χ1v) is 11.2. The van der Waals surface area contributed by atoms with Gasteiger partial charge in [0.05, 0.1) is 6.61 Å². The van der Waals surface area contributed by atoms with Gasteiger partial charge >= 0.3 is 5.97 Å². The summed E-state index contributed by atoms with van der Waals surface area (Å²) in [5.41, 5.74) is 0. The second-order valence-electron chi connectivity index (χ2n) is 7.69. The Hall–Kier alpha value is -0.570. The minimum absolute atomic E-state index is 0.00491. The van der Waals surface area contributed by atoms with Gasteiger partial charge in [-0.25, -0.2) is 0 Å². The molecule has 3 heteroatoms. The molecule has 0 aliphatic carbocycles. The van der Waals surface area contributed by atoms with Crippen LogP contribution in [-0.4, -0.2) is 36.6 Å². The highest BCUT2D eigenvalue weighted by Gasteiger charge is 2.33. The second kappa shape index (κ2) is 15.7. The van der Waals surface area contributed by atoms with Crippen LogP contribution in [0.2, 0.25) is 0 Å². The lowest BCUT2D eigenvalue weighted by atomic mass is 10.0. The summed E-state index contributed by atoms with van der Waals surface area (Å²) in [6.07, 6.45) is 20.3. The van der Waals surface area contributed by atoms with Crippen molar-refractivity contribution in [2.45, 2.75) is 116 Å². The van der Waals surface area contributed by atoms with Crippen molar-refractivity contribution < 1.29 is 9.53 Å². The van der Waals surface area contributed by atoms with Gasteiger partial charge in [0.15, 0.2) is 0 Å². The number of rotatable bonds is 18. The van der Waals surface area contributed by atoms with E-state index in [1.54, 1.807) is 0 Å². The van der Waals surface area contributed by atoms with Crippen molar-refractivity contribution in [2.75, 3.05) is 19.7 Å². The zero-order valence-corrected chi connectivity index (χ0v) is 17.1. The van der Waals surface area contributed by atoms with Crippen molar-refractivity contribution in [3.05, 3.63) is 0 Å². The smallest absolute Gasteiger partial charge is 0.323 e. The summed E-state index contributed by atoms with van der Waals surface area (Å²) in [6, 6.07) is 0.0391. The zero-order valence-electron chi connectivity index (χ0n) is 17.1. The molecule has 25 heavy (non-hydrogen) atoms. The minimum Gasteiger partial charge on any atom is -0.465 e. The van der Waals surface area contributed by atoms with E-state index < -0.39 is 0 Å². The average Bonchev–Trinajstić information content (AvgIpc) is 3.43. The van der Waals surface area contributed by atoms with E-state index in [2.05, 4.69) is 11.8 Å². The van der Waals surface area contributed by atoms with Gasteiger partial charge in [0.25, 0.3) is 0 Å². The number of nitrogens with zero attached hydrogens (tertiary/aromatic N) is 1. The first kappa shape index (κ1) is 22.5. The SMILES string of the molecule is CCCCCCCCCCCCCCCCC(C(=O)OCC)N1CC1. The van der Waals surface area contributed by atoms with Crippen molar-refractivity contribution in [1.29, 1.82) is 0 Å². The Labute approximate surface area is 156 Å². The Kier molecular flexibility index (Phi) is 14.1. The van der Waals surface area contributed by atoms with Gasteiger partial charge in [0.1, 0.15) is 6.04 Å². The molecule has 1 aliphatic heterocycles. The van der Waals surface area contributed by atoms with Crippen LogP contribution < -0.4 is 0 Å². The van der Waals surface area contributed by atoms with Gasteiger partial charge in [0.2, 0.25) is 0 Å². The van der Waals surface area contributed by atoms with E-state index in [0.717, 1.165) is 25.9 Å². The molecule has 0 aromatic heterocycles. The van der Waals surface area contributed by atoms with Crippen LogP contribution in [-0.2, 0) is 9.53 Å². The van der Waals surface area contributed by atoms with Crippen molar-refractivity contribution in [2.24, 2.45) is 0 Å². The summed E-state index contributed by atoms with van der Waals surface area (Å²) < 4.78 is 5.19. The fraction of sp³-hybridized carbons (Fsp3) is 0.955. The molecule has 0 N–H and O–H groups in total. The predicted octanol–water partition coefficient (Wildman–Crippen LogP) is 6.11. The van der Waals surface area contributed by atoms with E-state index in [4.69, 9.17) is 4.74 Å². The van der Waals surface area contributed by atoms with Crippen LogP contribution in [0.1, 0.15) is 110 Å². The van der Waals surface area contributed by atoms with E-state index in [9.17, 15) is 4.79 Å². The molecule has 0 aromatic carbocycles. The van der Waals surface area contributed by atoms with Gasteiger partial charge in [0, 0.05) is 13.1 Å². The van der Waals surface area contributed by atoms with Crippen LogP contribution in [0.4, 0.5) is 0 Å². The summed E-state index contributed by atoms with van der Waals surface area (Å²) in [5.74, 6) is -0.00491. The van der Waals surface area contributed by atoms with Crippen molar-refractivity contribution in [3.8, 4) is 0 Å². The molecule has 0 spiro atoms. The highest BCUT2D eigenvalue weighted by atomic mass is 16.5. The minimum atomic E-state index is -0.00491. The summed E-state index contributed by atoms with van der Waals surface area (Å²) in [7, 11) is 0. The molecular weight excluding hydrogens is 310 g/mol. The Morgan fingerprint density at radius 3 is 1.60 bits per heavy atom. The number of carbonyl (C=O) groups excluding carboxylic acids is 1. The predicted molar refractivity (Wildman–Crippen MR) is 107 cm³/mol. The first-order chi connectivity index (χ1) is 12.3. The maximum absolute atomic E-state index is 11.9. The quantitative estimate of drug-likeness (QED) is 0.169. The number of hydrogen-bond donors (Lipinski definition) is 0. The topological polar surface area (TPSA) is 29.3 Å². The highest BCUT2D eigenvalue weighted by molar-refractivity contribution is 5.76. The van der Waals surface area contributed by atoms with Crippen LogP contribution >= 0.6 is 0 Å². The molecule has 0 amide bonds. The van der Waals surface area contributed by atoms with E-state index in [1.807, 2.05) is 6.92 Å². The lowest BCUT2D eigenvalue weighted by molar-refractivity contribution is -0.147. The van der Waals surface area contributed by atoms with Gasteiger partial charge in [-0.3, -0.25) is 9.69 Å². The third-order valence-corrected chi connectivity index (χ3v) is 5.31. The van der Waals surface area contributed by atoms with E-state index in [1.165, 1.54) is 83.5 Å². The molecule has 1 heterocycles. The Balaban J connectivity index is 1.83. The molecule has 0 radical (unpaired) electrons. The third-order valence-electron chi connectivity index (χ3n) is 5.31. The monoisotopic (exact) mass is 353 g/mol. The van der Waals surface area contributed by atoms with Gasteiger partial charge < -0.3 is 4.74 Å². The number of ether oxygens (including phenoxy) is 1. The fourth-order valence-electron chi connectivity index (χ4n) is 3.59. The van der Waals surface area contributed by atoms with Gasteiger partial charge in [-0.1, -0.05) is 96.8 Å². The Morgan fingerprint density at radius 2 is 1.20 bits per heavy atom. The number of unbranched alkanes of at least 4 members (excludes halogenated alkanes) is 13. The maximum Gasteiger partial charge on any atom is 0.323 e. The Morgan fingerprint density at radius 1 is 0.760 bits per heavy atom. The first-order valence-electron chi connectivity index (χ1n) is 11.2. The molecule has 1 aliphatic rings. The molecular formula is C22H43NO2. The van der Waals surface area contributed by atoms with E-state index in [-0.39, 0.29) is 12.0 Å². The number of hydrogen-bond acceptors (Lipinski definition) is 3. The summed E-state index contributed by atoms with van der Waals surface area (Å²) >= 11 is 0. The summed E-state index contributed by atoms with van der Waals surface area (Å²) in [4.78, 5) is 14.2. The van der Waals surface area contributed by atoms with Crippen LogP contribution in [0.5, 0.6) is 0 Å². The van der Waals surface area contributed by atoms with E-state index >= 15 is 0 Å². The van der Waals surface area contributed by atoms with Crippen LogP contribution in [0, 0.1) is 0 Å². The number of esters is 1. The molecule has 1 atom stereocenters. The maximum atomic E-state index is 11.9. The van der Waals surface area contributed by atoms with Crippen molar-refractivity contribution in [3.63, 3.8) is 0 Å². The van der Waals surface area contributed by atoms with Crippen LogP contribution in [0.15, 0.2) is 0 Å². The second-order valence-corrected chi connectivity index (χ2v) is 7.69. The zero-order chi connectivity index (χ0) is 18.2. The lowest BCUT2D eigenvalue weighted by Crippen LogP contribution is -2.31. The molecule has 1 unspecified atom stereocenters. The largest absolute Gasteiger partial charge is 0.465 e. The lowest BCUT2D eigenvalue weighted by Gasteiger charge is -2.16. The molecule has 3 nitrogen and oxygen atoms in total. The summed E-state index contributed by atoms with van der Waals surface area (Å²) in [6.45, 7) is 6.82. The Bertz CT molecular complexity index is 315. The van der Waals surface area contributed by atoms with Crippen molar-refractivity contribution >= 4 is 5.97 Å². The van der Waals surface area contributed by atoms with Crippen LogP contribution in [0.25, 0.3) is 0 Å². The van der Waals surface area contributed by atoms with Crippen molar-refractivity contribution in [1.82, 2.24) is 4.90 Å². The standard InChI is InChI=1S/C22H43NO2/c1-3-5-6-7-8-9-10-11-12-13-14-15-16-17-18-21(23-19-20-23)22(24)25-4-2/h21H,3-20H2,1-2H3. The van der Waals surface area contributed by atoms with Gasteiger partial charge in [-0.15, -0.1) is 0 Å². The highest BCUT2D eigenvalue weighted by Crippen LogP contribution is 2.19. The van der Waals surface area contributed by atoms with Gasteiger partial charge in [-0.05, 0) is 13.3 Å². The third kappa shape index (κ3) is 12.4. The number of carbonyl (C=O) groups is 1. The molecule has 1 fully saturated rings. The molecule has 1 saturated heterocycles. The average molecular weight is 354 g/mol. The summed E-state index contributed by atoms with van der Waals surface area (Å²) in [5, 5.41) is 0.